The summed E-state index contributed by atoms with van der Waals surface area (Å²) in [4.78, 5) is 24.3. The lowest BCUT2D eigenvalue weighted by Crippen LogP contribution is -2.57. The van der Waals surface area contributed by atoms with E-state index in [1.54, 1.807) is 0 Å². The third-order valence-electron chi connectivity index (χ3n) is 10.9. The fourth-order valence-electron chi connectivity index (χ4n) is 9.74. The summed E-state index contributed by atoms with van der Waals surface area (Å²) in [5.74, 6) is 5.65. The summed E-state index contributed by atoms with van der Waals surface area (Å²) in [7, 11) is 0. The second-order valence-electron chi connectivity index (χ2n) is 11.5. The van der Waals surface area contributed by atoms with Crippen molar-refractivity contribution < 1.29 is 14.3 Å². The standard InChI is InChI=1S/C24H30O3/c1-22-6-3-12(25)9-17(22)13-10-14(13)20-16(22)4-7-23(2)21(20)15-11-18(15)24(23)8-5-19(26)27-24/h9,13-16,18,20-21H,3-8,10-11H2,1-2H3/t13-,14+,15-,16+,18?,20-,21+,22-,23+,24+/m1/s1. The van der Waals surface area contributed by atoms with Crippen molar-refractivity contribution in [1.82, 2.24) is 0 Å². The molecule has 1 aliphatic heterocycles. The zero-order valence-electron chi connectivity index (χ0n) is 16.5. The average Bonchev–Trinajstić information content (AvgIpc) is 3.53. The van der Waals surface area contributed by atoms with Crippen molar-refractivity contribution in [3.63, 3.8) is 0 Å². The number of carbonyl (C=O) groups is 2. The van der Waals surface area contributed by atoms with Crippen LogP contribution in [0, 0.1) is 52.3 Å². The number of ketones is 1. The molecule has 1 spiro atoms. The molecule has 0 bridgehead atoms. The number of fused-ring (bicyclic) bond motifs is 12. The van der Waals surface area contributed by atoms with E-state index in [1.807, 2.05) is 0 Å². The molecular weight excluding hydrogens is 336 g/mol. The van der Waals surface area contributed by atoms with E-state index in [1.165, 1.54) is 31.3 Å². The molecule has 0 aromatic heterocycles. The Labute approximate surface area is 161 Å². The van der Waals surface area contributed by atoms with E-state index in [-0.39, 0.29) is 22.4 Å². The normalized spacial score (nSPS) is 62.0. The Kier molecular flexibility index (Phi) is 2.56. The van der Waals surface area contributed by atoms with Crippen LogP contribution in [0.5, 0.6) is 0 Å². The van der Waals surface area contributed by atoms with E-state index in [9.17, 15) is 9.59 Å². The number of carbonyl (C=O) groups excluding carboxylic acids is 2. The number of ether oxygens (including phenoxy) is 1. The first kappa shape index (κ1) is 15.8. The average molecular weight is 367 g/mol. The van der Waals surface area contributed by atoms with Crippen LogP contribution in [-0.2, 0) is 14.3 Å². The van der Waals surface area contributed by atoms with Gasteiger partial charge in [-0.15, -0.1) is 0 Å². The fraction of sp³-hybridized carbons (Fsp3) is 0.833. The minimum atomic E-state index is -0.131. The molecule has 1 saturated heterocycles. The summed E-state index contributed by atoms with van der Waals surface area (Å²) in [5, 5.41) is 0. The van der Waals surface area contributed by atoms with Gasteiger partial charge in [-0.1, -0.05) is 19.4 Å². The maximum atomic E-state index is 12.2. The summed E-state index contributed by atoms with van der Waals surface area (Å²) in [5.41, 5.74) is 1.85. The van der Waals surface area contributed by atoms with Gasteiger partial charge in [0.05, 0.1) is 0 Å². The Hall–Kier alpha value is -1.12. The lowest BCUT2D eigenvalue weighted by Gasteiger charge is -2.60. The number of allylic oxidation sites excluding steroid dienone is 1. The summed E-state index contributed by atoms with van der Waals surface area (Å²) >= 11 is 0. The number of hydrogen-bond acceptors (Lipinski definition) is 3. The minimum Gasteiger partial charge on any atom is -0.458 e. The molecule has 10 atom stereocenters. The first-order valence-electron chi connectivity index (χ1n) is 11.4. The predicted octanol–water partition coefficient (Wildman–Crippen LogP) is 4.31. The van der Waals surface area contributed by atoms with E-state index >= 15 is 0 Å². The lowest BCUT2D eigenvalue weighted by molar-refractivity contribution is -0.177. The van der Waals surface area contributed by atoms with Crippen molar-refractivity contribution in [3.05, 3.63) is 11.6 Å². The molecule has 0 aromatic carbocycles. The smallest absolute Gasteiger partial charge is 0.306 e. The quantitative estimate of drug-likeness (QED) is 0.600. The molecule has 6 fully saturated rings. The molecule has 0 radical (unpaired) electrons. The van der Waals surface area contributed by atoms with E-state index in [4.69, 9.17) is 4.74 Å². The molecule has 6 aliphatic carbocycles. The fourth-order valence-corrected chi connectivity index (χ4v) is 9.74. The summed E-state index contributed by atoms with van der Waals surface area (Å²) in [6.07, 6.45) is 10.6. The Bertz CT molecular complexity index is 827. The molecule has 0 amide bonds. The van der Waals surface area contributed by atoms with E-state index in [0.717, 1.165) is 48.9 Å². The number of rotatable bonds is 0. The highest BCUT2D eigenvalue weighted by Gasteiger charge is 2.81. The summed E-state index contributed by atoms with van der Waals surface area (Å²) in [6, 6.07) is 0. The van der Waals surface area contributed by atoms with Crippen LogP contribution in [0.15, 0.2) is 11.6 Å². The van der Waals surface area contributed by atoms with Crippen LogP contribution in [-0.4, -0.2) is 17.4 Å². The highest BCUT2D eigenvalue weighted by molar-refractivity contribution is 5.92. The Morgan fingerprint density at radius 1 is 1.00 bits per heavy atom. The molecule has 144 valence electrons. The second-order valence-corrected chi connectivity index (χ2v) is 11.5. The van der Waals surface area contributed by atoms with Gasteiger partial charge in [-0.2, -0.15) is 0 Å². The molecule has 27 heavy (non-hydrogen) atoms. The van der Waals surface area contributed by atoms with Crippen molar-refractivity contribution in [3.8, 4) is 0 Å². The van der Waals surface area contributed by atoms with E-state index in [2.05, 4.69) is 19.9 Å². The van der Waals surface area contributed by atoms with Crippen molar-refractivity contribution >= 4 is 11.8 Å². The monoisotopic (exact) mass is 366 g/mol. The molecular formula is C24H30O3. The molecule has 0 N–H and O–H groups in total. The van der Waals surface area contributed by atoms with Crippen LogP contribution < -0.4 is 0 Å². The highest BCUT2D eigenvalue weighted by atomic mass is 16.6. The summed E-state index contributed by atoms with van der Waals surface area (Å²) < 4.78 is 6.22. The number of esters is 1. The first-order chi connectivity index (χ1) is 12.9. The van der Waals surface area contributed by atoms with Crippen molar-refractivity contribution in [2.45, 2.75) is 70.8 Å². The van der Waals surface area contributed by atoms with Crippen molar-refractivity contribution in [2.24, 2.45) is 52.3 Å². The maximum absolute atomic E-state index is 12.2. The van der Waals surface area contributed by atoms with Crippen LogP contribution in [0.4, 0.5) is 0 Å². The van der Waals surface area contributed by atoms with Gasteiger partial charge < -0.3 is 4.74 Å². The summed E-state index contributed by atoms with van der Waals surface area (Å²) in [6.45, 7) is 4.99. The van der Waals surface area contributed by atoms with Gasteiger partial charge in [0, 0.05) is 24.2 Å². The minimum absolute atomic E-state index is 0.0561. The van der Waals surface area contributed by atoms with Gasteiger partial charge in [0.15, 0.2) is 5.78 Å². The predicted molar refractivity (Wildman–Crippen MR) is 99.5 cm³/mol. The molecule has 3 heteroatoms. The van der Waals surface area contributed by atoms with Crippen LogP contribution >= 0.6 is 0 Å². The zero-order chi connectivity index (χ0) is 18.3. The molecule has 3 nitrogen and oxygen atoms in total. The van der Waals surface area contributed by atoms with Gasteiger partial charge in [-0.25, -0.2) is 0 Å². The Balaban J connectivity index is 1.33. The van der Waals surface area contributed by atoms with Crippen LogP contribution in [0.3, 0.4) is 0 Å². The van der Waals surface area contributed by atoms with E-state index < -0.39 is 0 Å². The van der Waals surface area contributed by atoms with Gasteiger partial charge in [0.1, 0.15) is 5.60 Å². The molecule has 7 aliphatic rings. The molecule has 7 rings (SSSR count). The van der Waals surface area contributed by atoms with Gasteiger partial charge in [-0.05, 0) is 85.5 Å². The SMILES string of the molecule is C[C@]12CCC(=O)C=C1[C@@H]1C[C@@H]1[C@H]1[C@@H]3[C@@H]4CC4[C@@]4(CCC(=O)O4)[C@@]3(C)CC[C@@H]12. The molecule has 1 heterocycles. The third kappa shape index (κ3) is 1.58. The largest absolute Gasteiger partial charge is 0.458 e. The zero-order valence-corrected chi connectivity index (χ0v) is 16.5. The second kappa shape index (κ2) is 4.39. The lowest BCUT2D eigenvalue weighted by atomic mass is 9.45. The van der Waals surface area contributed by atoms with Gasteiger partial charge in [-0.3, -0.25) is 9.59 Å². The molecule has 1 unspecified atom stereocenters. The Morgan fingerprint density at radius 3 is 2.63 bits per heavy atom. The topological polar surface area (TPSA) is 43.4 Å². The van der Waals surface area contributed by atoms with Gasteiger partial charge in [0.25, 0.3) is 0 Å². The van der Waals surface area contributed by atoms with Crippen LogP contribution in [0.25, 0.3) is 0 Å². The van der Waals surface area contributed by atoms with E-state index in [0.29, 0.717) is 24.0 Å². The van der Waals surface area contributed by atoms with Crippen molar-refractivity contribution in [1.29, 1.82) is 0 Å². The third-order valence-corrected chi connectivity index (χ3v) is 10.9. The molecule has 0 aromatic rings. The van der Waals surface area contributed by atoms with Crippen LogP contribution in [0.1, 0.15) is 65.2 Å². The molecule has 5 saturated carbocycles. The van der Waals surface area contributed by atoms with Crippen LogP contribution in [0.2, 0.25) is 0 Å². The highest BCUT2D eigenvalue weighted by Crippen LogP contribution is 2.82. The first-order valence-corrected chi connectivity index (χ1v) is 11.4. The Morgan fingerprint density at radius 2 is 1.85 bits per heavy atom. The van der Waals surface area contributed by atoms with Gasteiger partial charge in [0.2, 0.25) is 0 Å². The maximum Gasteiger partial charge on any atom is 0.306 e. The van der Waals surface area contributed by atoms with Crippen molar-refractivity contribution in [2.75, 3.05) is 0 Å². The number of hydrogen-bond donors (Lipinski definition) is 0. The van der Waals surface area contributed by atoms with Gasteiger partial charge >= 0.3 is 5.97 Å².